The Bertz CT molecular complexity index is 1060. The third-order valence-corrected chi connectivity index (χ3v) is 6.69. The molecule has 2 heterocycles. The van der Waals surface area contributed by atoms with Crippen LogP contribution in [0.2, 0.25) is 0 Å². The minimum Gasteiger partial charge on any atom is -0.497 e. The SMILES string of the molecule is COc1ccc([C@@H]2CC(=O)N3CN(c4ccc(OC)cc4OC)CSC3=C2C#N)cc1. The van der Waals surface area contributed by atoms with Crippen LogP contribution in [0, 0.1) is 11.3 Å². The standard InChI is InChI=1S/C23H23N3O4S/c1-28-16-6-4-15(5-7-16)18-11-22(27)26-13-25(14-31-23(26)19(18)12-24)20-9-8-17(29-2)10-21(20)30-3/h4-10,18H,11,13-14H2,1-3H3/t18-/m0/s1. The minimum atomic E-state index is -0.246. The first-order valence-corrected chi connectivity index (χ1v) is 10.8. The molecule has 7 nitrogen and oxygen atoms in total. The van der Waals surface area contributed by atoms with Crippen molar-refractivity contribution in [3.05, 3.63) is 58.6 Å². The van der Waals surface area contributed by atoms with Gasteiger partial charge >= 0.3 is 0 Å². The Morgan fingerprint density at radius 1 is 1.03 bits per heavy atom. The molecule has 1 atom stereocenters. The summed E-state index contributed by atoms with van der Waals surface area (Å²) in [5.74, 6) is 2.48. The number of carbonyl (C=O) groups is 1. The van der Waals surface area contributed by atoms with Gasteiger partial charge in [0.05, 0.1) is 56.2 Å². The molecule has 0 aromatic heterocycles. The normalized spacial score (nSPS) is 18.4. The zero-order chi connectivity index (χ0) is 22.0. The van der Waals surface area contributed by atoms with E-state index in [-0.39, 0.29) is 18.2 Å². The highest BCUT2D eigenvalue weighted by atomic mass is 32.2. The summed E-state index contributed by atoms with van der Waals surface area (Å²) in [5.41, 5.74) is 2.45. The molecule has 0 radical (unpaired) electrons. The molecular weight excluding hydrogens is 414 g/mol. The Morgan fingerprint density at radius 3 is 2.39 bits per heavy atom. The number of thioether (sulfide) groups is 1. The Balaban J connectivity index is 1.64. The first-order valence-electron chi connectivity index (χ1n) is 9.78. The number of hydrogen-bond acceptors (Lipinski definition) is 7. The number of methoxy groups -OCH3 is 3. The van der Waals surface area contributed by atoms with E-state index in [4.69, 9.17) is 14.2 Å². The van der Waals surface area contributed by atoms with E-state index in [0.717, 1.165) is 22.0 Å². The highest BCUT2D eigenvalue weighted by Gasteiger charge is 2.38. The third kappa shape index (κ3) is 3.89. The second-order valence-corrected chi connectivity index (χ2v) is 8.11. The Labute approximate surface area is 185 Å². The summed E-state index contributed by atoms with van der Waals surface area (Å²) in [6, 6.07) is 15.5. The lowest BCUT2D eigenvalue weighted by Crippen LogP contribution is -2.47. The van der Waals surface area contributed by atoms with E-state index in [9.17, 15) is 10.1 Å². The molecular formula is C23H23N3O4S. The molecule has 2 aromatic rings. The summed E-state index contributed by atoms with van der Waals surface area (Å²) >= 11 is 1.50. The maximum atomic E-state index is 13.1. The molecule has 2 aromatic carbocycles. The van der Waals surface area contributed by atoms with Crippen molar-refractivity contribution in [1.29, 1.82) is 5.26 Å². The smallest absolute Gasteiger partial charge is 0.229 e. The van der Waals surface area contributed by atoms with Gasteiger partial charge in [0.15, 0.2) is 0 Å². The van der Waals surface area contributed by atoms with Crippen molar-refractivity contribution in [2.45, 2.75) is 12.3 Å². The number of benzene rings is 2. The summed E-state index contributed by atoms with van der Waals surface area (Å²) in [6.45, 7) is 0.365. The van der Waals surface area contributed by atoms with Gasteiger partial charge in [-0.3, -0.25) is 9.69 Å². The number of amides is 1. The molecule has 0 aliphatic carbocycles. The number of ether oxygens (including phenoxy) is 3. The van der Waals surface area contributed by atoms with Crippen molar-refractivity contribution in [3.8, 4) is 23.3 Å². The highest BCUT2D eigenvalue weighted by Crippen LogP contribution is 2.44. The summed E-state index contributed by atoms with van der Waals surface area (Å²) in [6.07, 6.45) is 0.257. The zero-order valence-electron chi connectivity index (χ0n) is 17.6. The highest BCUT2D eigenvalue weighted by molar-refractivity contribution is 8.03. The maximum Gasteiger partial charge on any atom is 0.229 e. The largest absolute Gasteiger partial charge is 0.497 e. The van der Waals surface area contributed by atoms with Gasteiger partial charge in [-0.1, -0.05) is 23.9 Å². The molecule has 4 rings (SSSR count). The van der Waals surface area contributed by atoms with Crippen molar-refractivity contribution >= 4 is 23.4 Å². The second kappa shape index (κ2) is 8.82. The van der Waals surface area contributed by atoms with Gasteiger partial charge in [-0.25, -0.2) is 0 Å². The van der Waals surface area contributed by atoms with E-state index in [0.29, 0.717) is 29.6 Å². The molecule has 2 aliphatic heterocycles. The number of hydrogen-bond donors (Lipinski definition) is 0. The number of rotatable bonds is 5. The second-order valence-electron chi connectivity index (χ2n) is 7.17. The Morgan fingerprint density at radius 2 is 1.74 bits per heavy atom. The molecule has 2 aliphatic rings. The molecule has 160 valence electrons. The van der Waals surface area contributed by atoms with Gasteiger partial charge in [0, 0.05) is 18.4 Å². The van der Waals surface area contributed by atoms with E-state index < -0.39 is 0 Å². The van der Waals surface area contributed by atoms with Crippen LogP contribution in [0.3, 0.4) is 0 Å². The molecule has 8 heteroatoms. The fraction of sp³-hybridized carbons (Fsp3) is 0.304. The summed E-state index contributed by atoms with van der Waals surface area (Å²) in [4.78, 5) is 16.9. The van der Waals surface area contributed by atoms with Crippen molar-refractivity contribution < 1.29 is 19.0 Å². The number of anilines is 1. The van der Waals surface area contributed by atoms with Crippen LogP contribution in [0.15, 0.2) is 53.1 Å². The number of allylic oxidation sites excluding steroid dienone is 1. The van der Waals surface area contributed by atoms with Crippen molar-refractivity contribution in [2.75, 3.05) is 38.8 Å². The Hall–Kier alpha value is -3.31. The van der Waals surface area contributed by atoms with Gasteiger partial charge in [0.25, 0.3) is 0 Å². The van der Waals surface area contributed by atoms with Crippen molar-refractivity contribution in [2.24, 2.45) is 0 Å². The average Bonchev–Trinajstić information content (AvgIpc) is 2.83. The third-order valence-electron chi connectivity index (χ3n) is 5.54. The maximum absolute atomic E-state index is 13.1. The average molecular weight is 438 g/mol. The van der Waals surface area contributed by atoms with Crippen LogP contribution in [0.4, 0.5) is 5.69 Å². The topological polar surface area (TPSA) is 75.0 Å². The summed E-state index contributed by atoms with van der Waals surface area (Å²) in [5, 5.41) is 10.7. The van der Waals surface area contributed by atoms with Crippen LogP contribution in [0.1, 0.15) is 17.9 Å². The van der Waals surface area contributed by atoms with Gasteiger partial charge in [0.2, 0.25) is 5.91 Å². The Kier molecular flexibility index (Phi) is 5.96. The summed E-state index contributed by atoms with van der Waals surface area (Å²) < 4.78 is 16.0. The van der Waals surface area contributed by atoms with E-state index >= 15 is 0 Å². The molecule has 0 bridgehead atoms. The quantitative estimate of drug-likeness (QED) is 0.701. The molecule has 0 N–H and O–H groups in total. The molecule has 0 saturated carbocycles. The van der Waals surface area contributed by atoms with Crippen molar-refractivity contribution in [3.63, 3.8) is 0 Å². The molecule has 0 spiro atoms. The van der Waals surface area contributed by atoms with Crippen molar-refractivity contribution in [1.82, 2.24) is 4.90 Å². The molecule has 31 heavy (non-hydrogen) atoms. The molecule has 1 amide bonds. The number of carbonyl (C=O) groups excluding carboxylic acids is 1. The fourth-order valence-corrected chi connectivity index (χ4v) is 5.04. The number of fused-ring (bicyclic) bond motifs is 1. The van der Waals surface area contributed by atoms with E-state index in [2.05, 4.69) is 11.0 Å². The molecule has 0 unspecified atom stereocenters. The van der Waals surface area contributed by atoms with Gasteiger partial charge in [-0.15, -0.1) is 0 Å². The predicted octanol–water partition coefficient (Wildman–Crippen LogP) is 3.93. The van der Waals surface area contributed by atoms with E-state index in [1.807, 2.05) is 42.5 Å². The van der Waals surface area contributed by atoms with Crippen LogP contribution in [-0.4, -0.2) is 44.7 Å². The first-order chi connectivity index (χ1) is 15.1. The van der Waals surface area contributed by atoms with Gasteiger partial charge in [-0.2, -0.15) is 5.26 Å². The van der Waals surface area contributed by atoms with Crippen LogP contribution in [0.25, 0.3) is 0 Å². The minimum absolute atomic E-state index is 0.000466. The monoisotopic (exact) mass is 437 g/mol. The zero-order valence-corrected chi connectivity index (χ0v) is 18.4. The molecule has 1 fully saturated rings. The predicted molar refractivity (Wildman–Crippen MR) is 119 cm³/mol. The fourth-order valence-electron chi connectivity index (χ4n) is 3.88. The van der Waals surface area contributed by atoms with Gasteiger partial charge in [0.1, 0.15) is 17.2 Å². The summed E-state index contributed by atoms with van der Waals surface area (Å²) in [7, 11) is 4.83. The van der Waals surface area contributed by atoms with Crippen LogP contribution >= 0.6 is 11.8 Å². The lowest BCUT2D eigenvalue weighted by molar-refractivity contribution is -0.129. The lowest BCUT2D eigenvalue weighted by Gasteiger charge is -2.42. The number of nitriles is 1. The van der Waals surface area contributed by atoms with Crippen LogP contribution in [-0.2, 0) is 4.79 Å². The van der Waals surface area contributed by atoms with Gasteiger partial charge in [-0.05, 0) is 29.8 Å². The molecule has 1 saturated heterocycles. The van der Waals surface area contributed by atoms with E-state index in [1.165, 1.54) is 11.8 Å². The van der Waals surface area contributed by atoms with Crippen LogP contribution in [0.5, 0.6) is 17.2 Å². The lowest BCUT2D eigenvalue weighted by atomic mass is 9.86. The number of nitrogens with zero attached hydrogens (tertiary/aromatic N) is 3. The van der Waals surface area contributed by atoms with Crippen LogP contribution < -0.4 is 19.1 Å². The van der Waals surface area contributed by atoms with Gasteiger partial charge < -0.3 is 19.1 Å². The van der Waals surface area contributed by atoms with E-state index in [1.54, 1.807) is 26.2 Å². The first kappa shape index (κ1) is 20.9.